The zero-order chi connectivity index (χ0) is 10.7. The molecule has 1 aromatic heterocycles. The minimum absolute atomic E-state index is 0.608. The van der Waals surface area contributed by atoms with E-state index in [1.807, 2.05) is 10.9 Å². The summed E-state index contributed by atoms with van der Waals surface area (Å²) in [6.07, 6.45) is 5.49. The van der Waals surface area contributed by atoms with E-state index in [1.54, 1.807) is 0 Å². The fourth-order valence-corrected chi connectivity index (χ4v) is 2.67. The molecule has 1 unspecified atom stereocenters. The molecule has 1 aliphatic heterocycles. The lowest BCUT2D eigenvalue weighted by atomic mass is 10.1. The van der Waals surface area contributed by atoms with Crippen LogP contribution in [0.25, 0.3) is 0 Å². The molecule has 1 saturated heterocycles. The van der Waals surface area contributed by atoms with Gasteiger partial charge in [0.25, 0.3) is 0 Å². The fraction of sp³-hybridized carbons (Fsp3) is 0.800. The van der Waals surface area contributed by atoms with E-state index >= 15 is 0 Å². The molecule has 84 valence electrons. The summed E-state index contributed by atoms with van der Waals surface area (Å²) in [4.78, 5) is 2.98. The molecule has 0 saturated carbocycles. The van der Waals surface area contributed by atoms with Gasteiger partial charge in [-0.2, -0.15) is 0 Å². The van der Waals surface area contributed by atoms with Crippen LogP contribution in [0, 0.1) is 0 Å². The summed E-state index contributed by atoms with van der Waals surface area (Å²) >= 11 is 3.69. The highest BCUT2D eigenvalue weighted by atomic mass is 79.9. The molecule has 0 spiro atoms. The van der Waals surface area contributed by atoms with Crippen molar-refractivity contribution in [3.05, 3.63) is 6.20 Å². The quantitative estimate of drug-likeness (QED) is 0.790. The largest absolute Gasteiger partial charge is 0.354 e. The molecule has 2 rings (SSSR count). The van der Waals surface area contributed by atoms with Crippen LogP contribution in [0.2, 0.25) is 0 Å². The van der Waals surface area contributed by atoms with Crippen LogP contribution in [0.1, 0.15) is 26.2 Å². The van der Waals surface area contributed by atoms with Crippen molar-refractivity contribution in [2.75, 3.05) is 18.0 Å². The number of alkyl halides is 1. The van der Waals surface area contributed by atoms with Gasteiger partial charge >= 0.3 is 0 Å². The van der Waals surface area contributed by atoms with E-state index in [0.29, 0.717) is 4.83 Å². The molecule has 1 atom stereocenters. The lowest BCUT2D eigenvalue weighted by Gasteiger charge is -2.31. The molecule has 0 amide bonds. The molecule has 4 nitrogen and oxygen atoms in total. The van der Waals surface area contributed by atoms with Crippen molar-refractivity contribution < 1.29 is 0 Å². The van der Waals surface area contributed by atoms with Crippen LogP contribution in [0.5, 0.6) is 0 Å². The molecule has 15 heavy (non-hydrogen) atoms. The summed E-state index contributed by atoms with van der Waals surface area (Å²) < 4.78 is 2.00. The number of hydrogen-bond donors (Lipinski definition) is 0. The fourth-order valence-electron chi connectivity index (χ4n) is 2.00. The Bertz CT molecular complexity index is 312. The Morgan fingerprint density at radius 3 is 3.20 bits per heavy atom. The van der Waals surface area contributed by atoms with E-state index in [0.717, 1.165) is 26.1 Å². The van der Waals surface area contributed by atoms with Crippen molar-refractivity contribution in [2.24, 2.45) is 0 Å². The average Bonchev–Trinajstić information content (AvgIpc) is 2.66. The first kappa shape index (κ1) is 10.9. The monoisotopic (exact) mass is 272 g/mol. The molecule has 0 aromatic carbocycles. The van der Waals surface area contributed by atoms with E-state index in [9.17, 15) is 0 Å². The number of piperidine rings is 1. The third kappa shape index (κ3) is 2.51. The zero-order valence-electron chi connectivity index (χ0n) is 9.06. The SMILES string of the molecule is CCCn1nncc1N1CCCC(Br)C1. The number of hydrogen-bond acceptors (Lipinski definition) is 3. The second kappa shape index (κ2) is 4.96. The maximum absolute atomic E-state index is 4.12. The van der Waals surface area contributed by atoms with Gasteiger partial charge in [0, 0.05) is 24.5 Å². The molecule has 0 radical (unpaired) electrons. The summed E-state index contributed by atoms with van der Waals surface area (Å²) in [6, 6.07) is 0. The number of aryl methyl sites for hydroxylation is 1. The van der Waals surface area contributed by atoms with Crippen LogP contribution >= 0.6 is 15.9 Å². The number of nitrogens with zero attached hydrogens (tertiary/aromatic N) is 4. The van der Waals surface area contributed by atoms with Crippen molar-refractivity contribution in [1.82, 2.24) is 15.0 Å². The van der Waals surface area contributed by atoms with Gasteiger partial charge < -0.3 is 4.90 Å². The van der Waals surface area contributed by atoms with Crippen LogP contribution in [0.4, 0.5) is 5.82 Å². The first-order valence-corrected chi connectivity index (χ1v) is 6.50. The summed E-state index contributed by atoms with van der Waals surface area (Å²) in [5.74, 6) is 1.17. The normalized spacial score (nSPS) is 22.0. The second-order valence-corrected chi connectivity index (χ2v) is 5.30. The van der Waals surface area contributed by atoms with Gasteiger partial charge in [0.15, 0.2) is 0 Å². The number of aromatic nitrogens is 3. The van der Waals surface area contributed by atoms with E-state index < -0.39 is 0 Å². The summed E-state index contributed by atoms with van der Waals surface area (Å²) in [5, 5.41) is 8.11. The molecule has 0 bridgehead atoms. The lowest BCUT2D eigenvalue weighted by molar-refractivity contribution is 0.539. The predicted molar refractivity (Wildman–Crippen MR) is 64.5 cm³/mol. The summed E-state index contributed by atoms with van der Waals surface area (Å²) in [5.41, 5.74) is 0. The molecular formula is C10H17BrN4. The van der Waals surface area contributed by atoms with Gasteiger partial charge in [-0.15, -0.1) is 5.10 Å². The molecule has 1 aliphatic rings. The highest BCUT2D eigenvalue weighted by Gasteiger charge is 2.20. The van der Waals surface area contributed by atoms with Crippen LogP contribution in [0.15, 0.2) is 6.20 Å². The Morgan fingerprint density at radius 2 is 2.47 bits per heavy atom. The first-order valence-electron chi connectivity index (χ1n) is 5.58. The van der Waals surface area contributed by atoms with Gasteiger partial charge in [0.2, 0.25) is 0 Å². The van der Waals surface area contributed by atoms with Gasteiger partial charge in [0.05, 0.1) is 6.20 Å². The standard InChI is InChI=1S/C10H17BrN4/c1-2-5-15-10(7-12-13-15)14-6-3-4-9(11)8-14/h7,9H,2-6,8H2,1H3. The lowest BCUT2D eigenvalue weighted by Crippen LogP contribution is -2.37. The Labute approximate surface area is 98.8 Å². The maximum atomic E-state index is 4.12. The number of anilines is 1. The third-order valence-corrected chi connectivity index (χ3v) is 3.47. The number of halogens is 1. The smallest absolute Gasteiger partial charge is 0.147 e. The molecular weight excluding hydrogens is 256 g/mol. The Kier molecular flexibility index (Phi) is 3.61. The molecule has 0 N–H and O–H groups in total. The number of rotatable bonds is 3. The van der Waals surface area contributed by atoms with Gasteiger partial charge in [-0.1, -0.05) is 28.1 Å². The third-order valence-electron chi connectivity index (χ3n) is 2.72. The van der Waals surface area contributed by atoms with Crippen LogP contribution in [-0.2, 0) is 6.54 Å². The van der Waals surface area contributed by atoms with Crippen molar-refractivity contribution >= 4 is 21.7 Å². The van der Waals surface area contributed by atoms with Crippen LogP contribution < -0.4 is 4.90 Å². The highest BCUT2D eigenvalue weighted by molar-refractivity contribution is 9.09. The molecule has 5 heteroatoms. The molecule has 1 fully saturated rings. The average molecular weight is 273 g/mol. The van der Waals surface area contributed by atoms with E-state index in [1.165, 1.54) is 18.7 Å². The molecule has 1 aromatic rings. The van der Waals surface area contributed by atoms with Crippen molar-refractivity contribution in [1.29, 1.82) is 0 Å². The van der Waals surface area contributed by atoms with Crippen molar-refractivity contribution in [3.8, 4) is 0 Å². The Hall–Kier alpha value is -0.580. The van der Waals surface area contributed by atoms with E-state index in [2.05, 4.69) is 38.1 Å². The Morgan fingerprint density at radius 1 is 1.60 bits per heavy atom. The van der Waals surface area contributed by atoms with E-state index in [-0.39, 0.29) is 0 Å². The van der Waals surface area contributed by atoms with Gasteiger partial charge in [-0.25, -0.2) is 4.68 Å². The summed E-state index contributed by atoms with van der Waals surface area (Å²) in [7, 11) is 0. The first-order chi connectivity index (χ1) is 7.31. The van der Waals surface area contributed by atoms with Crippen molar-refractivity contribution in [3.63, 3.8) is 0 Å². The molecule has 0 aliphatic carbocycles. The van der Waals surface area contributed by atoms with Crippen molar-refractivity contribution in [2.45, 2.75) is 37.6 Å². The zero-order valence-corrected chi connectivity index (χ0v) is 10.7. The minimum Gasteiger partial charge on any atom is -0.354 e. The highest BCUT2D eigenvalue weighted by Crippen LogP contribution is 2.22. The Balaban J connectivity index is 2.10. The predicted octanol–water partition coefficient (Wildman–Crippen LogP) is 2.05. The van der Waals surface area contributed by atoms with Gasteiger partial charge in [-0.3, -0.25) is 0 Å². The van der Waals surface area contributed by atoms with Crippen LogP contribution in [-0.4, -0.2) is 32.9 Å². The van der Waals surface area contributed by atoms with E-state index in [4.69, 9.17) is 0 Å². The van der Waals surface area contributed by atoms with Crippen LogP contribution in [0.3, 0.4) is 0 Å². The maximum Gasteiger partial charge on any atom is 0.147 e. The van der Waals surface area contributed by atoms with Gasteiger partial charge in [0.1, 0.15) is 5.82 Å². The summed E-state index contributed by atoms with van der Waals surface area (Å²) in [6.45, 7) is 5.31. The minimum atomic E-state index is 0.608. The second-order valence-electron chi connectivity index (χ2n) is 4.00. The topological polar surface area (TPSA) is 34.0 Å². The van der Waals surface area contributed by atoms with Gasteiger partial charge in [-0.05, 0) is 19.3 Å². The molecule has 2 heterocycles.